The van der Waals surface area contributed by atoms with Gasteiger partial charge in [0.05, 0.1) is 12.7 Å². The van der Waals surface area contributed by atoms with Gasteiger partial charge >= 0.3 is 6.36 Å². The Kier molecular flexibility index (Phi) is 14.7. The highest BCUT2D eigenvalue weighted by Crippen LogP contribution is 2.35. The fraction of sp³-hybridized carbons (Fsp3) is 0.767. The van der Waals surface area contributed by atoms with Gasteiger partial charge in [-0.1, -0.05) is 33.8 Å². The summed E-state index contributed by atoms with van der Waals surface area (Å²) in [4.78, 5) is 13.0. The lowest BCUT2D eigenvalue weighted by atomic mass is 9.80. The standard InChI is InChI=1S/C30H49F3N2O6/c1-19(2)22(15-21-7-8-27(41-30(31,32)33)28(16-21)40-12-6-11-38-5)17-25(34)26(36)18-24(20(3)4)29(37)35-23-9-13-39-14-10-23/h7-8,16,19-20,22-26,36H,6,9-15,17-18,34H2,1-5H3,(H,35,37)/t22-,24-,25-,26-/m0/s1. The van der Waals surface area contributed by atoms with Crippen molar-refractivity contribution in [3.8, 4) is 11.5 Å². The largest absolute Gasteiger partial charge is 0.573 e. The van der Waals surface area contributed by atoms with Gasteiger partial charge in [0.25, 0.3) is 0 Å². The minimum Gasteiger partial charge on any atom is -0.490 e. The lowest BCUT2D eigenvalue weighted by Gasteiger charge is -2.31. The van der Waals surface area contributed by atoms with Crippen LogP contribution in [0.3, 0.4) is 0 Å². The summed E-state index contributed by atoms with van der Waals surface area (Å²) < 4.78 is 59.0. The second-order valence-corrected chi connectivity index (χ2v) is 11.7. The van der Waals surface area contributed by atoms with Crippen LogP contribution in [0.4, 0.5) is 13.2 Å². The van der Waals surface area contributed by atoms with E-state index in [1.54, 1.807) is 12.1 Å². The van der Waals surface area contributed by atoms with Gasteiger partial charge < -0.3 is 35.1 Å². The van der Waals surface area contributed by atoms with Crippen LogP contribution < -0.4 is 20.5 Å². The van der Waals surface area contributed by atoms with E-state index in [-0.39, 0.29) is 54.4 Å². The Hall–Kier alpha value is -2.08. The molecule has 0 unspecified atom stereocenters. The minimum absolute atomic E-state index is 0.0121. The maximum absolute atomic E-state index is 13.0. The van der Waals surface area contributed by atoms with Crippen molar-refractivity contribution in [1.29, 1.82) is 0 Å². The Bertz CT molecular complexity index is 909. The molecule has 1 saturated heterocycles. The average molecular weight is 591 g/mol. The number of rotatable bonds is 17. The van der Waals surface area contributed by atoms with E-state index in [0.717, 1.165) is 18.4 Å². The number of hydrogen-bond acceptors (Lipinski definition) is 7. The molecule has 1 heterocycles. The van der Waals surface area contributed by atoms with Gasteiger partial charge in [0.2, 0.25) is 5.91 Å². The minimum atomic E-state index is -4.84. The van der Waals surface area contributed by atoms with E-state index in [2.05, 4.69) is 10.1 Å². The zero-order valence-corrected chi connectivity index (χ0v) is 25.0. The van der Waals surface area contributed by atoms with E-state index in [0.29, 0.717) is 39.1 Å². The van der Waals surface area contributed by atoms with Gasteiger partial charge in [0, 0.05) is 51.4 Å². The van der Waals surface area contributed by atoms with Crippen molar-refractivity contribution < 1.29 is 42.0 Å². The van der Waals surface area contributed by atoms with Crippen LogP contribution in [0.15, 0.2) is 18.2 Å². The molecule has 0 aliphatic carbocycles. The maximum atomic E-state index is 13.0. The fourth-order valence-electron chi connectivity index (χ4n) is 5.05. The fourth-order valence-corrected chi connectivity index (χ4v) is 5.05. The van der Waals surface area contributed by atoms with Crippen LogP contribution in [0, 0.1) is 23.7 Å². The van der Waals surface area contributed by atoms with Gasteiger partial charge in [-0.2, -0.15) is 0 Å². The smallest absolute Gasteiger partial charge is 0.490 e. The van der Waals surface area contributed by atoms with Gasteiger partial charge in [-0.05, 0) is 67.6 Å². The summed E-state index contributed by atoms with van der Waals surface area (Å²) in [6.45, 7) is 9.86. The highest BCUT2D eigenvalue weighted by Gasteiger charge is 2.33. The van der Waals surface area contributed by atoms with Crippen LogP contribution in [0.2, 0.25) is 0 Å². The van der Waals surface area contributed by atoms with Crippen LogP contribution >= 0.6 is 0 Å². The molecule has 1 aliphatic heterocycles. The van der Waals surface area contributed by atoms with Crippen molar-refractivity contribution in [2.45, 2.75) is 90.8 Å². The molecule has 0 bridgehead atoms. The molecule has 1 aromatic carbocycles. The summed E-state index contributed by atoms with van der Waals surface area (Å²) in [5.74, 6) is -0.596. The number of benzene rings is 1. The SMILES string of the molecule is COCCCOc1cc(C[C@@H](C[C@H](N)[C@@H](O)C[C@H](C(=O)NC2CCOCC2)C(C)C)C(C)C)ccc1OC(F)(F)F. The number of aliphatic hydroxyl groups is 1. The van der Waals surface area contributed by atoms with Crippen molar-refractivity contribution in [3.05, 3.63) is 23.8 Å². The predicted molar refractivity (Wildman–Crippen MR) is 151 cm³/mol. The summed E-state index contributed by atoms with van der Waals surface area (Å²) >= 11 is 0. The first kappa shape index (κ1) is 35.1. The average Bonchev–Trinajstić information content (AvgIpc) is 2.89. The number of carbonyl (C=O) groups excluding carboxylic acids is 1. The Balaban J connectivity index is 2.07. The number of alkyl halides is 3. The van der Waals surface area contributed by atoms with Crippen molar-refractivity contribution in [2.24, 2.45) is 29.4 Å². The number of halogens is 3. The molecule has 11 heteroatoms. The summed E-state index contributed by atoms with van der Waals surface area (Å²) in [6, 6.07) is 3.94. The van der Waals surface area contributed by atoms with Crippen molar-refractivity contribution in [1.82, 2.24) is 5.32 Å². The van der Waals surface area contributed by atoms with E-state index in [1.165, 1.54) is 13.2 Å². The third-order valence-corrected chi connectivity index (χ3v) is 7.70. The molecule has 0 radical (unpaired) electrons. The third-order valence-electron chi connectivity index (χ3n) is 7.70. The second kappa shape index (κ2) is 17.1. The van der Waals surface area contributed by atoms with Crippen LogP contribution in [-0.2, 0) is 20.7 Å². The lowest BCUT2D eigenvalue weighted by molar-refractivity contribution is -0.275. The number of carbonyl (C=O) groups is 1. The first-order valence-electron chi connectivity index (χ1n) is 14.6. The third kappa shape index (κ3) is 12.8. The highest BCUT2D eigenvalue weighted by molar-refractivity contribution is 5.79. The number of nitrogens with two attached hydrogens (primary N) is 1. The Morgan fingerprint density at radius 2 is 1.78 bits per heavy atom. The molecule has 1 aliphatic rings. The molecule has 1 aromatic rings. The Morgan fingerprint density at radius 3 is 2.37 bits per heavy atom. The maximum Gasteiger partial charge on any atom is 0.573 e. The van der Waals surface area contributed by atoms with Gasteiger partial charge in [0.1, 0.15) is 0 Å². The zero-order valence-electron chi connectivity index (χ0n) is 25.0. The van der Waals surface area contributed by atoms with Crippen molar-refractivity contribution in [2.75, 3.05) is 33.5 Å². The molecular weight excluding hydrogens is 541 g/mol. The molecule has 236 valence electrons. The lowest BCUT2D eigenvalue weighted by Crippen LogP contribution is -2.46. The van der Waals surface area contributed by atoms with Gasteiger partial charge in [-0.15, -0.1) is 13.2 Å². The number of nitrogens with one attached hydrogen (secondary N) is 1. The van der Waals surface area contributed by atoms with E-state index in [1.807, 2.05) is 27.7 Å². The monoisotopic (exact) mass is 590 g/mol. The Labute approximate surface area is 242 Å². The first-order chi connectivity index (χ1) is 19.3. The quantitative estimate of drug-likeness (QED) is 0.222. The summed E-state index contributed by atoms with van der Waals surface area (Å²) in [7, 11) is 1.54. The molecule has 0 spiro atoms. The topological polar surface area (TPSA) is 112 Å². The summed E-state index contributed by atoms with van der Waals surface area (Å²) in [5.41, 5.74) is 7.26. The molecule has 4 N–H and O–H groups in total. The molecule has 1 fully saturated rings. The molecule has 0 saturated carbocycles. The number of ether oxygens (including phenoxy) is 4. The normalized spacial score (nSPS) is 17.8. The van der Waals surface area contributed by atoms with Gasteiger partial charge in [-0.3, -0.25) is 4.79 Å². The molecular formula is C30H49F3N2O6. The molecule has 0 aromatic heterocycles. The van der Waals surface area contributed by atoms with Crippen molar-refractivity contribution >= 4 is 5.91 Å². The summed E-state index contributed by atoms with van der Waals surface area (Å²) in [5, 5.41) is 14.2. The molecule has 41 heavy (non-hydrogen) atoms. The number of aliphatic hydroxyl groups excluding tert-OH is 1. The number of hydrogen-bond donors (Lipinski definition) is 3. The van der Waals surface area contributed by atoms with Crippen LogP contribution in [-0.4, -0.2) is 69.1 Å². The van der Waals surface area contributed by atoms with Gasteiger partial charge in [0.15, 0.2) is 11.5 Å². The molecule has 8 nitrogen and oxygen atoms in total. The van der Waals surface area contributed by atoms with E-state index in [4.69, 9.17) is 19.9 Å². The van der Waals surface area contributed by atoms with E-state index >= 15 is 0 Å². The van der Waals surface area contributed by atoms with Crippen LogP contribution in [0.25, 0.3) is 0 Å². The Morgan fingerprint density at radius 1 is 1.10 bits per heavy atom. The second-order valence-electron chi connectivity index (χ2n) is 11.7. The first-order valence-corrected chi connectivity index (χ1v) is 14.6. The van der Waals surface area contributed by atoms with Gasteiger partial charge in [-0.25, -0.2) is 0 Å². The van der Waals surface area contributed by atoms with E-state index < -0.39 is 24.3 Å². The molecule has 2 rings (SSSR count). The zero-order chi connectivity index (χ0) is 30.6. The highest BCUT2D eigenvalue weighted by atomic mass is 19.4. The molecule has 4 atom stereocenters. The van der Waals surface area contributed by atoms with Crippen LogP contribution in [0.5, 0.6) is 11.5 Å². The number of methoxy groups -OCH3 is 1. The number of amides is 1. The van der Waals surface area contributed by atoms with Crippen LogP contribution in [0.1, 0.15) is 65.4 Å². The van der Waals surface area contributed by atoms with Crippen molar-refractivity contribution in [3.63, 3.8) is 0 Å². The van der Waals surface area contributed by atoms with E-state index in [9.17, 15) is 23.1 Å². The molecule has 1 amide bonds. The predicted octanol–water partition coefficient (Wildman–Crippen LogP) is 4.85. The summed E-state index contributed by atoms with van der Waals surface area (Å²) in [6.07, 6.45) is -2.40.